The summed E-state index contributed by atoms with van der Waals surface area (Å²) < 4.78 is 32.7. The van der Waals surface area contributed by atoms with E-state index in [-0.39, 0.29) is 29.4 Å². The third-order valence-corrected chi connectivity index (χ3v) is 9.10. The fourth-order valence-corrected chi connectivity index (χ4v) is 6.25. The van der Waals surface area contributed by atoms with Crippen molar-refractivity contribution in [1.82, 2.24) is 9.88 Å². The zero-order valence-corrected chi connectivity index (χ0v) is 23.4. The maximum Gasteiger partial charge on any atom is 0.235 e. The van der Waals surface area contributed by atoms with E-state index < -0.39 is 16.1 Å². The second-order valence-electron chi connectivity index (χ2n) is 10.6. The number of piperidine rings is 1. The molecule has 2 aliphatic rings. The van der Waals surface area contributed by atoms with Crippen LogP contribution < -0.4 is 15.8 Å². The van der Waals surface area contributed by atoms with Gasteiger partial charge in [-0.2, -0.15) is 0 Å². The van der Waals surface area contributed by atoms with Crippen LogP contribution in [-0.4, -0.2) is 62.3 Å². The van der Waals surface area contributed by atoms with E-state index in [4.69, 9.17) is 10.5 Å². The molecule has 1 saturated heterocycles. The number of hydrogen-bond donors (Lipinski definition) is 3. The molecule has 4 rings (SSSR count). The SMILES string of the molecule is CCS(=O)(=O)Nc1cc(CN2CCCC(c3ccccc3)C2C(N)=O)cc(NC(CCOC)[C@H]2C[C@@H]2C)n1. The number of benzene rings is 1. The molecule has 9 nitrogen and oxygen atoms in total. The van der Waals surface area contributed by atoms with Gasteiger partial charge in [-0.15, -0.1) is 0 Å². The first kappa shape index (κ1) is 28.3. The molecule has 1 aromatic heterocycles. The standard InChI is InChI=1S/C28H41N5O4S/c1-4-38(35,36)32-26-17-20(16-25(31-26)30-24(12-14-37-3)23-15-19(23)2)18-33-13-8-11-22(27(33)28(29)34)21-9-6-5-7-10-21/h5-7,9-10,16-17,19,22-24,27H,4,8,11-15,18H2,1-3H3,(H2,29,34)(H2,30,31,32)/t19-,22?,23-,24?,27?/m0/s1. The largest absolute Gasteiger partial charge is 0.385 e. The number of aromatic nitrogens is 1. The third-order valence-electron chi connectivity index (χ3n) is 7.82. The Labute approximate surface area is 226 Å². The zero-order valence-electron chi connectivity index (χ0n) is 22.6. The number of carbonyl (C=O) groups is 1. The van der Waals surface area contributed by atoms with Crippen LogP contribution in [0.3, 0.4) is 0 Å². The molecule has 0 bridgehead atoms. The Morgan fingerprint density at radius 2 is 1.95 bits per heavy atom. The average molecular weight is 544 g/mol. The van der Waals surface area contributed by atoms with E-state index in [1.807, 2.05) is 24.3 Å². The number of amides is 1. The minimum Gasteiger partial charge on any atom is -0.385 e. The molecule has 1 aliphatic heterocycles. The highest BCUT2D eigenvalue weighted by atomic mass is 32.2. The van der Waals surface area contributed by atoms with Crippen molar-refractivity contribution in [3.8, 4) is 0 Å². The minimum atomic E-state index is -3.51. The normalized spacial score (nSPS) is 24.5. The third kappa shape index (κ3) is 7.24. The van der Waals surface area contributed by atoms with E-state index in [9.17, 15) is 13.2 Å². The van der Waals surface area contributed by atoms with E-state index in [2.05, 4.69) is 39.0 Å². The number of anilines is 2. The summed E-state index contributed by atoms with van der Waals surface area (Å²) in [6.07, 6.45) is 3.81. The van der Waals surface area contributed by atoms with Gasteiger partial charge in [0.2, 0.25) is 15.9 Å². The Hall–Kier alpha value is -2.69. The van der Waals surface area contributed by atoms with E-state index in [0.29, 0.717) is 30.8 Å². The second-order valence-corrected chi connectivity index (χ2v) is 12.6. The number of nitrogens with one attached hydrogen (secondary N) is 2. The highest BCUT2D eigenvalue weighted by Crippen LogP contribution is 2.42. The van der Waals surface area contributed by atoms with Crippen molar-refractivity contribution < 1.29 is 17.9 Å². The molecule has 4 N–H and O–H groups in total. The second kappa shape index (κ2) is 12.4. The molecular weight excluding hydrogens is 502 g/mol. The lowest BCUT2D eigenvalue weighted by Crippen LogP contribution is -2.51. The van der Waals surface area contributed by atoms with Crippen LogP contribution in [0.25, 0.3) is 0 Å². The number of rotatable bonds is 13. The number of hydrogen-bond acceptors (Lipinski definition) is 7. The van der Waals surface area contributed by atoms with Crippen molar-refractivity contribution in [2.45, 2.75) is 64.1 Å². The Bertz CT molecular complexity index is 1190. The van der Waals surface area contributed by atoms with Gasteiger partial charge < -0.3 is 15.8 Å². The van der Waals surface area contributed by atoms with E-state index in [1.165, 1.54) is 0 Å². The molecule has 2 heterocycles. The molecule has 0 radical (unpaired) electrons. The number of methoxy groups -OCH3 is 1. The first-order valence-electron chi connectivity index (χ1n) is 13.6. The van der Waals surface area contributed by atoms with Crippen LogP contribution >= 0.6 is 0 Å². The summed E-state index contributed by atoms with van der Waals surface area (Å²) in [7, 11) is -1.82. The van der Waals surface area contributed by atoms with E-state index >= 15 is 0 Å². The number of likely N-dealkylation sites (tertiary alicyclic amines) is 1. The van der Waals surface area contributed by atoms with Crippen LogP contribution in [0.5, 0.6) is 0 Å². The number of pyridine rings is 1. The molecule has 10 heteroatoms. The lowest BCUT2D eigenvalue weighted by Gasteiger charge is -2.40. The van der Waals surface area contributed by atoms with Gasteiger partial charge in [0.1, 0.15) is 11.6 Å². The van der Waals surface area contributed by atoms with Gasteiger partial charge in [-0.05, 0) is 74.2 Å². The van der Waals surface area contributed by atoms with Crippen molar-refractivity contribution in [1.29, 1.82) is 0 Å². The quantitative estimate of drug-likeness (QED) is 0.353. The van der Waals surface area contributed by atoms with Crippen molar-refractivity contribution in [3.63, 3.8) is 0 Å². The summed E-state index contributed by atoms with van der Waals surface area (Å²) in [4.78, 5) is 19.4. The molecule has 1 saturated carbocycles. The maximum absolute atomic E-state index is 12.7. The summed E-state index contributed by atoms with van der Waals surface area (Å²) in [5.74, 6) is 1.66. The summed E-state index contributed by atoms with van der Waals surface area (Å²) in [5, 5.41) is 3.56. The highest BCUT2D eigenvalue weighted by Gasteiger charge is 2.40. The van der Waals surface area contributed by atoms with Crippen LogP contribution in [-0.2, 0) is 26.1 Å². The average Bonchev–Trinajstić information content (AvgIpc) is 3.62. The van der Waals surface area contributed by atoms with Crippen LogP contribution in [0.15, 0.2) is 42.5 Å². The maximum atomic E-state index is 12.7. The Morgan fingerprint density at radius 3 is 2.58 bits per heavy atom. The number of nitrogens with zero attached hydrogens (tertiary/aromatic N) is 2. The molecule has 5 atom stereocenters. The predicted octanol–water partition coefficient (Wildman–Crippen LogP) is 3.55. The van der Waals surface area contributed by atoms with Crippen molar-refractivity contribution in [2.24, 2.45) is 17.6 Å². The molecule has 1 aliphatic carbocycles. The fraction of sp³-hybridized carbons (Fsp3) is 0.571. The first-order valence-corrected chi connectivity index (χ1v) is 15.2. The van der Waals surface area contributed by atoms with Gasteiger partial charge in [0.05, 0.1) is 11.8 Å². The van der Waals surface area contributed by atoms with Gasteiger partial charge >= 0.3 is 0 Å². The summed E-state index contributed by atoms with van der Waals surface area (Å²) in [5.41, 5.74) is 7.93. The lowest BCUT2D eigenvalue weighted by molar-refractivity contribution is -0.125. The Balaban J connectivity index is 1.62. The Morgan fingerprint density at radius 1 is 1.24 bits per heavy atom. The van der Waals surface area contributed by atoms with Crippen molar-refractivity contribution in [3.05, 3.63) is 53.6 Å². The van der Waals surface area contributed by atoms with Crippen molar-refractivity contribution >= 4 is 27.6 Å². The highest BCUT2D eigenvalue weighted by molar-refractivity contribution is 7.92. The molecular formula is C28H41N5O4S. The van der Waals surface area contributed by atoms with Gasteiger partial charge in [-0.1, -0.05) is 37.3 Å². The molecule has 1 aromatic carbocycles. The monoisotopic (exact) mass is 543 g/mol. The summed E-state index contributed by atoms with van der Waals surface area (Å²) in [6, 6.07) is 13.5. The van der Waals surface area contributed by atoms with Crippen molar-refractivity contribution in [2.75, 3.05) is 36.1 Å². The number of ether oxygens (including phenoxy) is 1. The smallest absolute Gasteiger partial charge is 0.235 e. The van der Waals surface area contributed by atoms with Gasteiger partial charge in [0.15, 0.2) is 0 Å². The predicted molar refractivity (Wildman–Crippen MR) is 150 cm³/mol. The first-order chi connectivity index (χ1) is 18.2. The molecule has 2 aromatic rings. The minimum absolute atomic E-state index is 0.00901. The molecule has 0 spiro atoms. The van der Waals surface area contributed by atoms with Crippen LogP contribution in [0.4, 0.5) is 11.6 Å². The lowest BCUT2D eigenvalue weighted by atomic mass is 9.83. The molecule has 208 valence electrons. The van der Waals surface area contributed by atoms with Gasteiger partial charge in [-0.3, -0.25) is 14.4 Å². The number of primary amides is 1. The van der Waals surface area contributed by atoms with Gasteiger partial charge in [0, 0.05) is 32.2 Å². The van der Waals surface area contributed by atoms with Crippen LogP contribution in [0, 0.1) is 11.8 Å². The topological polar surface area (TPSA) is 127 Å². The molecule has 38 heavy (non-hydrogen) atoms. The molecule has 2 fully saturated rings. The van der Waals surface area contributed by atoms with Gasteiger partial charge in [0.25, 0.3) is 0 Å². The summed E-state index contributed by atoms with van der Waals surface area (Å²) in [6.45, 7) is 5.65. The van der Waals surface area contributed by atoms with Crippen LogP contribution in [0.1, 0.15) is 56.6 Å². The number of nitrogens with two attached hydrogens (primary N) is 1. The molecule has 1 amide bonds. The molecule has 3 unspecified atom stereocenters. The summed E-state index contributed by atoms with van der Waals surface area (Å²) >= 11 is 0. The van der Waals surface area contributed by atoms with Gasteiger partial charge in [-0.25, -0.2) is 13.4 Å². The fourth-order valence-electron chi connectivity index (χ4n) is 5.68. The number of carbonyl (C=O) groups excluding carboxylic acids is 1. The van der Waals surface area contributed by atoms with E-state index in [1.54, 1.807) is 20.1 Å². The van der Waals surface area contributed by atoms with Crippen LogP contribution in [0.2, 0.25) is 0 Å². The van der Waals surface area contributed by atoms with E-state index in [0.717, 1.165) is 43.4 Å². The Kier molecular flexibility index (Phi) is 9.27. The zero-order chi connectivity index (χ0) is 27.3. The number of sulfonamides is 1.